The molecule has 1 amide bonds. The fraction of sp³-hybridized carbons (Fsp3) is 0.0769. The van der Waals surface area contributed by atoms with Crippen molar-refractivity contribution >= 4 is 44.1 Å². The van der Waals surface area contributed by atoms with Gasteiger partial charge in [-0.1, -0.05) is 0 Å². The standard InChI is InChI=1S/C13H9BrFNO3S/c1-6-4-10(20-11(6)13(18)19)16-12(17)7-2-3-8(14)9(15)5-7/h2-5H,1H3,(H,16,17)(H,18,19). The number of carboxylic acid groups (broad SMARTS) is 1. The molecule has 0 bridgehead atoms. The topological polar surface area (TPSA) is 66.4 Å². The van der Waals surface area contributed by atoms with Crippen LogP contribution in [-0.4, -0.2) is 17.0 Å². The van der Waals surface area contributed by atoms with Gasteiger partial charge >= 0.3 is 5.97 Å². The maximum atomic E-state index is 13.4. The Morgan fingerprint density at radius 2 is 2.05 bits per heavy atom. The molecule has 1 heterocycles. The molecule has 0 saturated heterocycles. The van der Waals surface area contributed by atoms with Crippen molar-refractivity contribution in [3.8, 4) is 0 Å². The third-order valence-corrected chi connectivity index (χ3v) is 4.31. The molecule has 20 heavy (non-hydrogen) atoms. The van der Waals surface area contributed by atoms with Crippen molar-refractivity contribution in [3.05, 3.63) is 50.6 Å². The predicted octanol–water partition coefficient (Wildman–Crippen LogP) is 3.91. The Morgan fingerprint density at radius 1 is 1.35 bits per heavy atom. The van der Waals surface area contributed by atoms with E-state index in [9.17, 15) is 14.0 Å². The summed E-state index contributed by atoms with van der Waals surface area (Å²) < 4.78 is 13.6. The van der Waals surface area contributed by atoms with Gasteiger partial charge in [-0.3, -0.25) is 4.79 Å². The van der Waals surface area contributed by atoms with Crippen LogP contribution in [0.4, 0.5) is 9.39 Å². The molecule has 1 aromatic carbocycles. The van der Waals surface area contributed by atoms with Crippen LogP contribution in [-0.2, 0) is 0 Å². The molecular formula is C13H9BrFNO3S. The van der Waals surface area contributed by atoms with Crippen LogP contribution >= 0.6 is 27.3 Å². The molecule has 4 nitrogen and oxygen atoms in total. The number of thiophene rings is 1. The van der Waals surface area contributed by atoms with Gasteiger partial charge in [0.15, 0.2) is 0 Å². The molecule has 0 unspecified atom stereocenters. The van der Waals surface area contributed by atoms with Crippen LogP contribution in [0.3, 0.4) is 0 Å². The van der Waals surface area contributed by atoms with Crippen molar-refractivity contribution in [2.75, 3.05) is 5.32 Å². The number of aryl methyl sites for hydroxylation is 1. The zero-order valence-corrected chi connectivity index (χ0v) is 12.6. The molecular weight excluding hydrogens is 349 g/mol. The van der Waals surface area contributed by atoms with E-state index < -0.39 is 17.7 Å². The number of carboxylic acids is 1. The highest BCUT2D eigenvalue weighted by Gasteiger charge is 2.15. The summed E-state index contributed by atoms with van der Waals surface area (Å²) in [7, 11) is 0. The number of hydrogen-bond donors (Lipinski definition) is 2. The van der Waals surface area contributed by atoms with Crippen molar-refractivity contribution in [3.63, 3.8) is 0 Å². The van der Waals surface area contributed by atoms with Gasteiger partial charge in [0, 0.05) is 5.56 Å². The number of nitrogens with one attached hydrogen (secondary N) is 1. The SMILES string of the molecule is Cc1cc(NC(=O)c2ccc(Br)c(F)c2)sc1C(=O)O. The van der Waals surface area contributed by atoms with Crippen molar-refractivity contribution in [1.29, 1.82) is 0 Å². The van der Waals surface area contributed by atoms with Gasteiger partial charge in [-0.2, -0.15) is 0 Å². The van der Waals surface area contributed by atoms with E-state index in [1.807, 2.05) is 0 Å². The molecule has 2 aromatic rings. The Hall–Kier alpha value is -1.73. The van der Waals surface area contributed by atoms with Crippen LogP contribution in [0, 0.1) is 12.7 Å². The molecule has 0 atom stereocenters. The number of rotatable bonds is 3. The third kappa shape index (κ3) is 3.05. The molecule has 0 saturated carbocycles. The van der Waals surface area contributed by atoms with E-state index in [2.05, 4.69) is 21.2 Å². The largest absolute Gasteiger partial charge is 0.477 e. The van der Waals surface area contributed by atoms with Crippen LogP contribution in [0.1, 0.15) is 25.6 Å². The van der Waals surface area contributed by atoms with Gasteiger partial charge in [-0.25, -0.2) is 9.18 Å². The van der Waals surface area contributed by atoms with Crippen LogP contribution in [0.5, 0.6) is 0 Å². The fourth-order valence-corrected chi connectivity index (χ4v) is 2.73. The third-order valence-electron chi connectivity index (χ3n) is 2.53. The van der Waals surface area contributed by atoms with Gasteiger partial charge in [0.2, 0.25) is 0 Å². The summed E-state index contributed by atoms with van der Waals surface area (Å²) in [5.74, 6) is -2.07. The van der Waals surface area contributed by atoms with E-state index in [0.717, 1.165) is 17.4 Å². The van der Waals surface area contributed by atoms with Crippen LogP contribution in [0.2, 0.25) is 0 Å². The van der Waals surface area contributed by atoms with Crippen molar-refractivity contribution in [1.82, 2.24) is 0 Å². The first-order valence-corrected chi connectivity index (χ1v) is 7.09. The number of carbonyl (C=O) groups is 2. The molecule has 0 aliphatic heterocycles. The molecule has 104 valence electrons. The first-order chi connectivity index (χ1) is 9.38. The minimum absolute atomic E-state index is 0.161. The lowest BCUT2D eigenvalue weighted by atomic mass is 10.2. The minimum atomic E-state index is -1.04. The second-order valence-corrected chi connectivity index (χ2v) is 5.92. The summed E-state index contributed by atoms with van der Waals surface area (Å²) in [6, 6.07) is 5.59. The normalized spacial score (nSPS) is 10.3. The Kier molecular flexibility index (Phi) is 4.20. The van der Waals surface area contributed by atoms with Crippen molar-refractivity contribution in [2.24, 2.45) is 0 Å². The Balaban J connectivity index is 2.21. The molecule has 0 radical (unpaired) electrons. The number of carbonyl (C=O) groups excluding carboxylic acids is 1. The monoisotopic (exact) mass is 357 g/mol. The number of anilines is 1. The zero-order chi connectivity index (χ0) is 14.9. The van der Waals surface area contributed by atoms with Crippen molar-refractivity contribution in [2.45, 2.75) is 6.92 Å². The average molecular weight is 358 g/mol. The summed E-state index contributed by atoms with van der Waals surface area (Å²) in [5, 5.41) is 11.9. The van der Waals surface area contributed by atoms with Gasteiger partial charge in [0.05, 0.1) is 9.47 Å². The average Bonchev–Trinajstić information content (AvgIpc) is 2.73. The molecule has 0 aliphatic carbocycles. The summed E-state index contributed by atoms with van der Waals surface area (Å²) >= 11 is 3.97. The lowest BCUT2D eigenvalue weighted by Crippen LogP contribution is -2.11. The molecule has 0 fully saturated rings. The highest BCUT2D eigenvalue weighted by atomic mass is 79.9. The Labute approximate surface area is 126 Å². The maximum Gasteiger partial charge on any atom is 0.346 e. The number of amides is 1. The summed E-state index contributed by atoms with van der Waals surface area (Å²) in [6.07, 6.45) is 0. The summed E-state index contributed by atoms with van der Waals surface area (Å²) in [5.41, 5.74) is 0.730. The summed E-state index contributed by atoms with van der Waals surface area (Å²) in [6.45, 7) is 1.65. The number of benzene rings is 1. The van der Waals surface area contributed by atoms with Crippen LogP contribution in [0.15, 0.2) is 28.7 Å². The van der Waals surface area contributed by atoms with E-state index >= 15 is 0 Å². The molecule has 7 heteroatoms. The molecule has 0 aliphatic rings. The van der Waals surface area contributed by atoms with Gasteiger partial charge in [0.25, 0.3) is 5.91 Å². The lowest BCUT2D eigenvalue weighted by molar-refractivity contribution is 0.0701. The predicted molar refractivity (Wildman–Crippen MR) is 78.1 cm³/mol. The van der Waals surface area contributed by atoms with Crippen LogP contribution < -0.4 is 5.32 Å². The van der Waals surface area contributed by atoms with Crippen LogP contribution in [0.25, 0.3) is 0 Å². The summed E-state index contributed by atoms with van der Waals surface area (Å²) in [4.78, 5) is 23.0. The lowest BCUT2D eigenvalue weighted by Gasteiger charge is -2.03. The second kappa shape index (κ2) is 5.72. The van der Waals surface area contributed by atoms with Gasteiger partial charge < -0.3 is 10.4 Å². The Bertz CT molecular complexity index is 699. The quantitative estimate of drug-likeness (QED) is 0.874. The first kappa shape index (κ1) is 14.7. The molecule has 1 aromatic heterocycles. The Morgan fingerprint density at radius 3 is 2.60 bits per heavy atom. The van der Waals surface area contributed by atoms with Crippen molar-refractivity contribution < 1.29 is 19.1 Å². The maximum absolute atomic E-state index is 13.4. The van der Waals surface area contributed by atoms with E-state index in [4.69, 9.17) is 5.11 Å². The number of halogens is 2. The molecule has 0 spiro atoms. The number of hydrogen-bond acceptors (Lipinski definition) is 3. The van der Waals surface area contributed by atoms with Gasteiger partial charge in [0.1, 0.15) is 10.7 Å². The van der Waals surface area contributed by atoms with E-state index in [-0.39, 0.29) is 14.9 Å². The van der Waals surface area contributed by atoms with E-state index in [1.165, 1.54) is 12.1 Å². The highest BCUT2D eigenvalue weighted by molar-refractivity contribution is 9.10. The molecule has 2 rings (SSSR count). The smallest absolute Gasteiger partial charge is 0.346 e. The first-order valence-electron chi connectivity index (χ1n) is 5.48. The van der Waals surface area contributed by atoms with Gasteiger partial charge in [-0.15, -0.1) is 11.3 Å². The zero-order valence-electron chi connectivity index (χ0n) is 10.2. The fourth-order valence-electron chi connectivity index (χ4n) is 1.58. The molecule has 2 N–H and O–H groups in total. The second-order valence-electron chi connectivity index (χ2n) is 4.01. The van der Waals surface area contributed by atoms with Gasteiger partial charge in [-0.05, 0) is 52.7 Å². The van der Waals surface area contributed by atoms with E-state index in [1.54, 1.807) is 13.0 Å². The minimum Gasteiger partial charge on any atom is -0.477 e. The van der Waals surface area contributed by atoms with E-state index in [0.29, 0.717) is 10.6 Å². The highest BCUT2D eigenvalue weighted by Crippen LogP contribution is 2.27. The number of aromatic carboxylic acids is 1.